The third kappa shape index (κ3) is 30.9. The van der Waals surface area contributed by atoms with Crippen LogP contribution in [0.4, 0.5) is 0 Å². The van der Waals surface area contributed by atoms with Crippen LogP contribution >= 0.6 is 0 Å². The molecule has 20 heteroatoms. The van der Waals surface area contributed by atoms with Crippen molar-refractivity contribution in [1.82, 2.24) is 14.2 Å². The molecule has 0 unspecified atom stereocenters. The lowest BCUT2D eigenvalue weighted by molar-refractivity contribution is -0.137. The summed E-state index contributed by atoms with van der Waals surface area (Å²) in [7, 11) is -13.7. The maximum atomic E-state index is 11.2. The van der Waals surface area contributed by atoms with E-state index < -0.39 is 69.8 Å². The minimum Gasteiger partial charge on any atom is -0.346 e. The summed E-state index contributed by atoms with van der Waals surface area (Å²) < 4.78 is 94.4. The highest BCUT2D eigenvalue weighted by Crippen LogP contribution is 2.27. The van der Waals surface area contributed by atoms with Crippen LogP contribution in [0, 0.1) is 23.7 Å². The fourth-order valence-electron chi connectivity index (χ4n) is 1.57. The van der Waals surface area contributed by atoms with E-state index in [4.69, 9.17) is 0 Å². The number of carbonyl (C=O) groups is 4. The highest BCUT2D eigenvalue weighted by atomic mass is 32.2. The van der Waals surface area contributed by atoms with E-state index in [0.29, 0.717) is 12.8 Å². The molecule has 0 radical (unpaired) electrons. The Balaban J connectivity index is -0.000000235. The Bertz CT molecular complexity index is 1230. The summed E-state index contributed by atoms with van der Waals surface area (Å²) in [4.78, 5) is 42.9. The van der Waals surface area contributed by atoms with Gasteiger partial charge in [0.2, 0.25) is 47.8 Å². The molecule has 43 heavy (non-hydrogen) atoms. The third-order valence-corrected chi connectivity index (χ3v) is 7.50. The van der Waals surface area contributed by atoms with E-state index in [1.54, 1.807) is 55.4 Å². The van der Waals surface area contributed by atoms with Crippen LogP contribution in [0.1, 0.15) is 75.7 Å². The van der Waals surface area contributed by atoms with Gasteiger partial charge in [-0.1, -0.05) is 62.8 Å². The predicted octanol–water partition coefficient (Wildman–Crippen LogP) is 0.469. The quantitative estimate of drug-likeness (QED) is 0.277. The summed E-state index contributed by atoms with van der Waals surface area (Å²) in [6, 6.07) is 0. The molecule has 0 heterocycles. The number of hydrogen-bond donors (Lipinski definition) is 3. The van der Waals surface area contributed by atoms with Gasteiger partial charge in [0.25, 0.3) is 0 Å². The summed E-state index contributed by atoms with van der Waals surface area (Å²) in [6.45, 7) is 13.0. The molecular formula is C23H49N3O13S4. The van der Waals surface area contributed by atoms with Crippen LogP contribution in [0.3, 0.4) is 0 Å². The first-order chi connectivity index (χ1) is 18.4. The van der Waals surface area contributed by atoms with Crippen molar-refractivity contribution in [2.75, 3.05) is 18.8 Å². The van der Waals surface area contributed by atoms with E-state index in [1.165, 1.54) is 0 Å². The first-order valence-corrected chi connectivity index (χ1v) is 19.6. The van der Waals surface area contributed by atoms with Crippen molar-refractivity contribution in [2.45, 2.75) is 80.9 Å². The van der Waals surface area contributed by atoms with Crippen molar-refractivity contribution in [3.63, 3.8) is 0 Å². The second-order valence-corrected chi connectivity index (χ2v) is 17.4. The van der Waals surface area contributed by atoms with Crippen molar-refractivity contribution in [3.8, 4) is 0 Å². The molecule has 3 amide bonds. The average molecular weight is 704 g/mol. The molecule has 0 atom stereocenters. The van der Waals surface area contributed by atoms with Gasteiger partial charge in [0.05, 0.1) is 29.9 Å². The Morgan fingerprint density at radius 3 is 0.977 bits per heavy atom. The van der Waals surface area contributed by atoms with E-state index in [9.17, 15) is 52.8 Å². The first kappa shape index (κ1) is 47.6. The molecule has 3 N–H and O–H groups in total. The molecule has 258 valence electrons. The van der Waals surface area contributed by atoms with Crippen LogP contribution in [-0.2, 0) is 63.5 Å². The summed E-state index contributed by atoms with van der Waals surface area (Å²) >= 11 is 0. The molecule has 0 spiro atoms. The normalized spacial score (nSPS) is 13.1. The number of carbonyl (C=O) groups excluding carboxylic acids is 4. The lowest BCUT2D eigenvalue weighted by Gasteiger charge is -2.06. The van der Waals surface area contributed by atoms with E-state index in [1.807, 2.05) is 9.44 Å². The largest absolute Gasteiger partial charge is 0.346 e. The second kappa shape index (κ2) is 19.9. The molecule has 1 aliphatic rings. The van der Waals surface area contributed by atoms with Crippen molar-refractivity contribution in [3.05, 3.63) is 0 Å². The molecule has 1 aliphatic carbocycles. The molecule has 0 saturated heterocycles. The Morgan fingerprint density at radius 2 is 0.837 bits per heavy atom. The van der Waals surface area contributed by atoms with Gasteiger partial charge >= 0.3 is 16.1 Å². The number of nitrogens with one attached hydrogen (secondary N) is 3. The fraction of sp³-hybridized carbons (Fsp3) is 0.826. The van der Waals surface area contributed by atoms with Crippen molar-refractivity contribution < 1.29 is 57.0 Å². The minimum absolute atomic E-state index is 0. The maximum absolute atomic E-state index is 11.2. The molecular weight excluding hydrogens is 655 g/mol. The SMILES string of the molecule is C.CC(C)C(=O)NS(=O)(=O)C1CC1.CC(C)C(=O)NS(C)(=O)=O.CC(C)C(=O)NS(C)(=O)=O.CC(C)C(=O)OS(C)(=O)=O. The summed E-state index contributed by atoms with van der Waals surface area (Å²) in [6.07, 6.45) is 4.11. The molecule has 1 rings (SSSR count). The Morgan fingerprint density at radius 1 is 0.558 bits per heavy atom. The topological polar surface area (TPSA) is 250 Å². The van der Waals surface area contributed by atoms with Crippen LogP contribution in [0.15, 0.2) is 0 Å². The lowest BCUT2D eigenvalue weighted by atomic mass is 10.2. The van der Waals surface area contributed by atoms with Gasteiger partial charge in [-0.15, -0.1) is 0 Å². The molecule has 16 nitrogen and oxygen atoms in total. The Hall–Kier alpha value is -2.32. The predicted molar refractivity (Wildman–Crippen MR) is 163 cm³/mol. The number of rotatable bonds is 9. The zero-order valence-corrected chi connectivity index (χ0v) is 29.0. The van der Waals surface area contributed by atoms with Gasteiger partial charge in [-0.25, -0.2) is 25.3 Å². The van der Waals surface area contributed by atoms with Crippen molar-refractivity contribution >= 4 is 63.9 Å². The van der Waals surface area contributed by atoms with Crippen LogP contribution in [-0.4, -0.2) is 81.4 Å². The Kier molecular flexibility index (Phi) is 22.0. The van der Waals surface area contributed by atoms with E-state index in [-0.39, 0.29) is 30.4 Å². The standard InChI is InChI=1S/C7H13NO3S.2C5H11NO3S.C5H10O4S.CH4/c1-5(2)7(9)8-12(10,11)6-3-4-6;2*1-4(2)5(7)6-10(3,8)9;1-4(2)5(6)9-10(3,7)8;/h5-6H,3-4H2,1-2H3,(H,8,9);2*4H,1-3H3,(H,6,7);4H,1-3H3;1H4. The zero-order valence-electron chi connectivity index (χ0n) is 25.7. The fourth-order valence-corrected chi connectivity index (χ4v) is 4.70. The van der Waals surface area contributed by atoms with Crippen molar-refractivity contribution in [1.29, 1.82) is 0 Å². The van der Waals surface area contributed by atoms with Crippen LogP contribution in [0.5, 0.6) is 0 Å². The van der Waals surface area contributed by atoms with Gasteiger partial charge in [-0.2, -0.15) is 8.42 Å². The highest BCUT2D eigenvalue weighted by molar-refractivity contribution is 7.91. The van der Waals surface area contributed by atoms with Crippen LogP contribution in [0.25, 0.3) is 0 Å². The summed E-state index contributed by atoms with van der Waals surface area (Å²) in [5.74, 6) is -3.35. The second-order valence-electron chi connectivity index (χ2n) is 10.4. The van der Waals surface area contributed by atoms with Gasteiger partial charge in [-0.3, -0.25) is 33.3 Å². The summed E-state index contributed by atoms with van der Waals surface area (Å²) in [5, 5.41) is -0.319. The number of sulfonamides is 3. The van der Waals surface area contributed by atoms with Crippen LogP contribution in [0.2, 0.25) is 0 Å². The van der Waals surface area contributed by atoms with E-state index in [0.717, 1.165) is 18.8 Å². The third-order valence-electron chi connectivity index (χ3n) is 4.06. The monoisotopic (exact) mass is 703 g/mol. The van der Waals surface area contributed by atoms with Crippen LogP contribution < -0.4 is 14.2 Å². The van der Waals surface area contributed by atoms with Gasteiger partial charge in [0.1, 0.15) is 0 Å². The molecule has 0 bridgehead atoms. The van der Waals surface area contributed by atoms with Crippen molar-refractivity contribution in [2.24, 2.45) is 23.7 Å². The maximum Gasteiger partial charge on any atom is 0.324 e. The molecule has 1 saturated carbocycles. The number of amides is 3. The van der Waals surface area contributed by atoms with Gasteiger partial charge in [-0.05, 0) is 12.8 Å². The average Bonchev–Trinajstić information content (AvgIpc) is 3.57. The van der Waals surface area contributed by atoms with E-state index in [2.05, 4.69) is 8.91 Å². The lowest BCUT2D eigenvalue weighted by Crippen LogP contribution is -2.35. The van der Waals surface area contributed by atoms with Gasteiger partial charge in [0.15, 0.2) is 0 Å². The Labute approximate surface area is 257 Å². The van der Waals surface area contributed by atoms with Gasteiger partial charge < -0.3 is 4.18 Å². The number of hydrogen-bond acceptors (Lipinski definition) is 13. The molecule has 1 fully saturated rings. The summed E-state index contributed by atoms with van der Waals surface area (Å²) in [5.41, 5.74) is 0. The smallest absolute Gasteiger partial charge is 0.324 e. The molecule has 0 aromatic carbocycles. The minimum atomic E-state index is -3.62. The van der Waals surface area contributed by atoms with E-state index >= 15 is 0 Å². The zero-order chi connectivity index (χ0) is 34.4. The molecule has 0 aromatic rings. The molecule has 0 aromatic heterocycles. The van der Waals surface area contributed by atoms with Gasteiger partial charge in [0, 0.05) is 17.8 Å². The molecule has 0 aliphatic heterocycles. The highest BCUT2D eigenvalue weighted by Gasteiger charge is 2.37. The first-order valence-electron chi connectivity index (χ1n) is 12.4.